The van der Waals surface area contributed by atoms with Crippen LogP contribution in [0.25, 0.3) is 0 Å². The van der Waals surface area contributed by atoms with E-state index in [4.69, 9.17) is 14.2 Å². The molecule has 0 N–H and O–H groups in total. The van der Waals surface area contributed by atoms with Gasteiger partial charge in [0.15, 0.2) is 5.79 Å². The van der Waals surface area contributed by atoms with Crippen molar-refractivity contribution in [2.24, 2.45) is 0 Å². The van der Waals surface area contributed by atoms with E-state index < -0.39 is 5.79 Å². The lowest BCUT2D eigenvalue weighted by Crippen LogP contribution is -2.42. The van der Waals surface area contributed by atoms with Gasteiger partial charge in [0.25, 0.3) is 0 Å². The van der Waals surface area contributed by atoms with Crippen molar-refractivity contribution in [3.8, 4) is 0 Å². The molecule has 0 aromatic rings. The Labute approximate surface area is 67.6 Å². The molecule has 0 saturated carbocycles. The summed E-state index contributed by atoms with van der Waals surface area (Å²) in [4.78, 5) is 0. The third kappa shape index (κ3) is 1.55. The van der Waals surface area contributed by atoms with E-state index in [0.717, 1.165) is 19.4 Å². The Balaban J connectivity index is 2.58. The predicted octanol–water partition coefficient (Wildman–Crippen LogP) is 1.17. The highest BCUT2D eigenvalue weighted by Gasteiger charge is 2.40. The van der Waals surface area contributed by atoms with Gasteiger partial charge >= 0.3 is 0 Å². The van der Waals surface area contributed by atoms with E-state index in [0.29, 0.717) is 0 Å². The Kier molecular flexibility index (Phi) is 2.87. The maximum absolute atomic E-state index is 5.50. The van der Waals surface area contributed by atoms with Crippen molar-refractivity contribution in [1.82, 2.24) is 0 Å². The molecular formula is C8H16O3. The fraction of sp³-hybridized carbons (Fsp3) is 1.00. The van der Waals surface area contributed by atoms with E-state index in [2.05, 4.69) is 0 Å². The van der Waals surface area contributed by atoms with Crippen molar-refractivity contribution in [2.75, 3.05) is 20.8 Å². The first kappa shape index (κ1) is 8.97. The molecule has 0 aliphatic carbocycles. The number of ether oxygens (including phenoxy) is 3. The second-order valence-corrected chi connectivity index (χ2v) is 2.85. The van der Waals surface area contributed by atoms with Gasteiger partial charge in [0.2, 0.25) is 0 Å². The van der Waals surface area contributed by atoms with E-state index in [1.54, 1.807) is 14.2 Å². The predicted molar refractivity (Wildman–Crippen MR) is 41.4 cm³/mol. The highest BCUT2D eigenvalue weighted by Crippen LogP contribution is 2.30. The summed E-state index contributed by atoms with van der Waals surface area (Å²) in [6.45, 7) is 2.75. The Hall–Kier alpha value is -0.120. The minimum Gasteiger partial charge on any atom is -0.376 e. The molecule has 0 aromatic carbocycles. The van der Waals surface area contributed by atoms with Crippen LogP contribution in [0, 0.1) is 0 Å². The van der Waals surface area contributed by atoms with E-state index in [-0.39, 0.29) is 6.10 Å². The molecule has 1 fully saturated rings. The molecule has 0 radical (unpaired) electrons. The smallest absolute Gasteiger partial charge is 0.194 e. The average Bonchev–Trinajstić information content (AvgIpc) is 2.52. The van der Waals surface area contributed by atoms with Gasteiger partial charge in [-0.25, -0.2) is 0 Å². The number of methoxy groups -OCH3 is 2. The molecule has 1 rings (SSSR count). The van der Waals surface area contributed by atoms with Crippen LogP contribution in [0.15, 0.2) is 0 Å². The summed E-state index contributed by atoms with van der Waals surface area (Å²) in [5, 5.41) is 0. The zero-order chi connectivity index (χ0) is 8.32. The summed E-state index contributed by atoms with van der Waals surface area (Å²) >= 11 is 0. The highest BCUT2D eigenvalue weighted by atomic mass is 16.7. The number of hydrogen-bond donors (Lipinski definition) is 0. The second kappa shape index (κ2) is 3.52. The van der Waals surface area contributed by atoms with Gasteiger partial charge in [-0.3, -0.25) is 0 Å². The van der Waals surface area contributed by atoms with Crippen molar-refractivity contribution in [3.05, 3.63) is 0 Å². The van der Waals surface area contributed by atoms with Gasteiger partial charge in [0.05, 0.1) is 6.61 Å². The van der Waals surface area contributed by atoms with Crippen LogP contribution in [0.2, 0.25) is 0 Å². The summed E-state index contributed by atoms with van der Waals surface area (Å²) in [6.07, 6.45) is 2.00. The molecule has 2 atom stereocenters. The molecule has 11 heavy (non-hydrogen) atoms. The van der Waals surface area contributed by atoms with Crippen molar-refractivity contribution < 1.29 is 14.2 Å². The molecule has 3 nitrogen and oxygen atoms in total. The lowest BCUT2D eigenvalue weighted by atomic mass is 10.1. The van der Waals surface area contributed by atoms with Gasteiger partial charge in [-0.05, 0) is 13.3 Å². The third-order valence-corrected chi connectivity index (χ3v) is 2.33. The molecule has 0 amide bonds. The SMILES string of the molecule is CO[C@@H](C)[C@]1(OC)CCCO1. The van der Waals surface area contributed by atoms with Crippen LogP contribution in [0.5, 0.6) is 0 Å². The van der Waals surface area contributed by atoms with Crippen LogP contribution in [-0.2, 0) is 14.2 Å². The normalized spacial score (nSPS) is 34.1. The first-order valence-electron chi connectivity index (χ1n) is 3.97. The van der Waals surface area contributed by atoms with Gasteiger partial charge < -0.3 is 14.2 Å². The summed E-state index contributed by atoms with van der Waals surface area (Å²) in [5.74, 6) is -0.477. The lowest BCUT2D eigenvalue weighted by molar-refractivity contribution is -0.248. The minimum absolute atomic E-state index is 0.00926. The molecule has 1 saturated heterocycles. The largest absolute Gasteiger partial charge is 0.376 e. The van der Waals surface area contributed by atoms with E-state index in [1.807, 2.05) is 6.92 Å². The molecule has 0 bridgehead atoms. The van der Waals surface area contributed by atoms with Gasteiger partial charge in [0.1, 0.15) is 6.10 Å². The zero-order valence-corrected chi connectivity index (χ0v) is 7.42. The molecule has 1 aliphatic heterocycles. The Bertz CT molecular complexity index is 119. The van der Waals surface area contributed by atoms with Crippen LogP contribution >= 0.6 is 0 Å². The Morgan fingerprint density at radius 1 is 1.45 bits per heavy atom. The molecule has 1 aliphatic rings. The monoisotopic (exact) mass is 160 g/mol. The van der Waals surface area contributed by atoms with Crippen LogP contribution < -0.4 is 0 Å². The third-order valence-electron chi connectivity index (χ3n) is 2.33. The second-order valence-electron chi connectivity index (χ2n) is 2.85. The average molecular weight is 160 g/mol. The van der Waals surface area contributed by atoms with E-state index in [9.17, 15) is 0 Å². The van der Waals surface area contributed by atoms with Crippen LogP contribution in [0.1, 0.15) is 19.8 Å². The van der Waals surface area contributed by atoms with Crippen molar-refractivity contribution in [2.45, 2.75) is 31.7 Å². The molecule has 0 aromatic heterocycles. The number of rotatable bonds is 3. The fourth-order valence-corrected chi connectivity index (χ4v) is 1.46. The molecule has 0 unspecified atom stereocenters. The van der Waals surface area contributed by atoms with Gasteiger partial charge in [-0.2, -0.15) is 0 Å². The summed E-state index contributed by atoms with van der Waals surface area (Å²) in [5.41, 5.74) is 0. The minimum atomic E-state index is -0.477. The first-order chi connectivity index (χ1) is 5.25. The summed E-state index contributed by atoms with van der Waals surface area (Å²) in [7, 11) is 3.34. The topological polar surface area (TPSA) is 27.7 Å². The summed E-state index contributed by atoms with van der Waals surface area (Å²) in [6, 6.07) is 0. The molecule has 3 heteroatoms. The number of hydrogen-bond acceptors (Lipinski definition) is 3. The van der Waals surface area contributed by atoms with E-state index >= 15 is 0 Å². The fourth-order valence-electron chi connectivity index (χ4n) is 1.46. The van der Waals surface area contributed by atoms with Crippen LogP contribution in [0.3, 0.4) is 0 Å². The van der Waals surface area contributed by atoms with Crippen molar-refractivity contribution in [3.63, 3.8) is 0 Å². The van der Waals surface area contributed by atoms with Gasteiger partial charge in [0, 0.05) is 20.6 Å². The van der Waals surface area contributed by atoms with Crippen molar-refractivity contribution >= 4 is 0 Å². The Morgan fingerprint density at radius 3 is 2.55 bits per heavy atom. The maximum atomic E-state index is 5.50. The molecular weight excluding hydrogens is 144 g/mol. The Morgan fingerprint density at radius 2 is 2.18 bits per heavy atom. The maximum Gasteiger partial charge on any atom is 0.194 e. The lowest BCUT2D eigenvalue weighted by Gasteiger charge is -2.31. The van der Waals surface area contributed by atoms with Crippen molar-refractivity contribution in [1.29, 1.82) is 0 Å². The molecule has 0 spiro atoms. The standard InChI is InChI=1S/C8H16O3/c1-7(9-2)8(10-3)5-4-6-11-8/h7H,4-6H2,1-3H3/t7-,8-/m0/s1. The van der Waals surface area contributed by atoms with Crippen LogP contribution in [0.4, 0.5) is 0 Å². The quantitative estimate of drug-likeness (QED) is 0.620. The van der Waals surface area contributed by atoms with Gasteiger partial charge in [-0.1, -0.05) is 0 Å². The highest BCUT2D eigenvalue weighted by molar-refractivity contribution is 4.81. The first-order valence-corrected chi connectivity index (χ1v) is 3.97. The van der Waals surface area contributed by atoms with Crippen LogP contribution in [-0.4, -0.2) is 32.7 Å². The zero-order valence-electron chi connectivity index (χ0n) is 7.42. The van der Waals surface area contributed by atoms with E-state index in [1.165, 1.54) is 0 Å². The molecule has 1 heterocycles. The summed E-state index contributed by atoms with van der Waals surface area (Å²) < 4.78 is 16.0. The van der Waals surface area contributed by atoms with Gasteiger partial charge in [-0.15, -0.1) is 0 Å². The molecule has 66 valence electrons.